The molecule has 118 valence electrons. The van der Waals surface area contributed by atoms with Gasteiger partial charge >= 0.3 is 0 Å². The molecule has 2 unspecified atom stereocenters. The van der Waals surface area contributed by atoms with Gasteiger partial charge in [0.2, 0.25) is 5.91 Å². The average molecular weight is 312 g/mol. The van der Waals surface area contributed by atoms with Crippen LogP contribution in [0, 0.1) is 6.92 Å². The Morgan fingerprint density at radius 1 is 1.30 bits per heavy atom. The van der Waals surface area contributed by atoms with Crippen molar-refractivity contribution in [2.24, 2.45) is 0 Å². The van der Waals surface area contributed by atoms with Crippen LogP contribution in [0.15, 0.2) is 24.8 Å². The highest BCUT2D eigenvalue weighted by Crippen LogP contribution is 2.36. The lowest BCUT2D eigenvalue weighted by Gasteiger charge is -2.24. The van der Waals surface area contributed by atoms with Crippen LogP contribution in [0.4, 0.5) is 5.69 Å². The van der Waals surface area contributed by atoms with Crippen molar-refractivity contribution >= 4 is 17.5 Å². The number of likely N-dealkylation sites (tertiary alicyclic amines) is 1. The fourth-order valence-corrected chi connectivity index (χ4v) is 3.52. The van der Waals surface area contributed by atoms with E-state index in [4.69, 9.17) is 0 Å². The number of aromatic nitrogens is 4. The third-order valence-corrected chi connectivity index (χ3v) is 4.51. The summed E-state index contributed by atoms with van der Waals surface area (Å²) in [5.41, 5.74) is 1.93. The number of carbonyl (C=O) groups is 2. The van der Waals surface area contributed by atoms with Gasteiger partial charge in [-0.1, -0.05) is 0 Å². The first-order valence-electron chi connectivity index (χ1n) is 7.55. The normalized spacial score (nSPS) is 23.4. The molecule has 2 fully saturated rings. The Balaban J connectivity index is 1.60. The second-order valence-corrected chi connectivity index (χ2v) is 5.92. The number of fused-ring (bicyclic) bond motifs is 1. The van der Waals surface area contributed by atoms with Crippen molar-refractivity contribution < 1.29 is 9.59 Å². The van der Waals surface area contributed by atoms with Gasteiger partial charge in [0.1, 0.15) is 12.0 Å². The summed E-state index contributed by atoms with van der Waals surface area (Å²) in [6.07, 6.45) is 5.78. The zero-order valence-electron chi connectivity index (χ0n) is 12.6. The second-order valence-electron chi connectivity index (χ2n) is 5.92. The van der Waals surface area contributed by atoms with Crippen molar-refractivity contribution in [3.05, 3.63) is 36.2 Å². The third-order valence-electron chi connectivity index (χ3n) is 4.51. The quantitative estimate of drug-likeness (QED) is 0.872. The van der Waals surface area contributed by atoms with Gasteiger partial charge in [-0.2, -0.15) is 5.10 Å². The first kappa shape index (κ1) is 13.9. The van der Waals surface area contributed by atoms with E-state index in [0.717, 1.165) is 12.1 Å². The number of aryl methyl sites for hydroxylation is 1. The molecule has 0 spiro atoms. The highest BCUT2D eigenvalue weighted by molar-refractivity contribution is 5.99. The van der Waals surface area contributed by atoms with E-state index in [2.05, 4.69) is 20.2 Å². The molecule has 2 aliphatic heterocycles. The van der Waals surface area contributed by atoms with Crippen LogP contribution in [0.1, 0.15) is 29.0 Å². The molecule has 1 N–H and O–H groups in total. The summed E-state index contributed by atoms with van der Waals surface area (Å²) in [5.74, 6) is -0.119. The van der Waals surface area contributed by atoms with E-state index in [0.29, 0.717) is 24.3 Å². The predicted molar refractivity (Wildman–Crippen MR) is 80.7 cm³/mol. The van der Waals surface area contributed by atoms with Crippen LogP contribution in [0.25, 0.3) is 0 Å². The molecule has 8 nitrogen and oxygen atoms in total. The average Bonchev–Trinajstić information content (AvgIpc) is 3.22. The highest BCUT2D eigenvalue weighted by Gasteiger charge is 2.49. The number of hydrogen-bond donors (Lipinski definition) is 1. The number of amides is 2. The van der Waals surface area contributed by atoms with Crippen molar-refractivity contribution in [2.75, 3.05) is 11.4 Å². The molecule has 0 radical (unpaired) electrons. The molecule has 2 atom stereocenters. The number of anilines is 1. The van der Waals surface area contributed by atoms with Crippen LogP contribution in [-0.2, 0) is 4.79 Å². The molecule has 8 heteroatoms. The maximum Gasteiger partial charge on any atom is 0.274 e. The Morgan fingerprint density at radius 2 is 2.09 bits per heavy atom. The van der Waals surface area contributed by atoms with Crippen molar-refractivity contribution in [3.8, 4) is 0 Å². The maximum atomic E-state index is 12.6. The largest absolute Gasteiger partial charge is 0.332 e. The first-order chi connectivity index (χ1) is 11.1. The topological polar surface area (TPSA) is 95.1 Å². The van der Waals surface area contributed by atoms with Crippen LogP contribution < -0.4 is 4.90 Å². The molecule has 0 bridgehead atoms. The van der Waals surface area contributed by atoms with Gasteiger partial charge in [0, 0.05) is 18.7 Å². The summed E-state index contributed by atoms with van der Waals surface area (Å²) in [6.45, 7) is 2.48. The van der Waals surface area contributed by atoms with E-state index < -0.39 is 0 Å². The minimum atomic E-state index is -0.124. The van der Waals surface area contributed by atoms with E-state index in [-0.39, 0.29) is 23.9 Å². The minimum absolute atomic E-state index is 0.00510. The first-order valence-corrected chi connectivity index (χ1v) is 7.55. The molecule has 23 heavy (non-hydrogen) atoms. The lowest BCUT2D eigenvalue weighted by atomic mass is 10.1. The molecule has 2 amide bonds. The van der Waals surface area contributed by atoms with E-state index >= 15 is 0 Å². The van der Waals surface area contributed by atoms with E-state index in [1.807, 2.05) is 6.92 Å². The fourth-order valence-electron chi connectivity index (χ4n) is 3.52. The molecule has 0 saturated carbocycles. The Kier molecular flexibility index (Phi) is 3.10. The molecular weight excluding hydrogens is 296 g/mol. The fraction of sp³-hybridized carbons (Fsp3) is 0.400. The Bertz CT molecular complexity index is 758. The molecule has 2 saturated heterocycles. The second kappa shape index (κ2) is 5.15. The monoisotopic (exact) mass is 312 g/mol. The summed E-state index contributed by atoms with van der Waals surface area (Å²) in [7, 11) is 0. The maximum absolute atomic E-state index is 12.6. The van der Waals surface area contributed by atoms with Crippen LogP contribution in [0.2, 0.25) is 0 Å². The van der Waals surface area contributed by atoms with E-state index in [1.165, 1.54) is 6.33 Å². The number of nitrogens with one attached hydrogen (secondary N) is 1. The minimum Gasteiger partial charge on any atom is -0.332 e. The molecular formula is C15H16N6O2. The molecule has 2 aromatic heterocycles. The molecule has 0 aromatic carbocycles. The highest BCUT2D eigenvalue weighted by atomic mass is 16.2. The van der Waals surface area contributed by atoms with Gasteiger partial charge in [-0.25, -0.2) is 9.97 Å². The van der Waals surface area contributed by atoms with Gasteiger partial charge in [-0.15, -0.1) is 0 Å². The third kappa shape index (κ3) is 2.18. The lowest BCUT2D eigenvalue weighted by molar-refractivity contribution is -0.117. The van der Waals surface area contributed by atoms with Gasteiger partial charge in [-0.3, -0.25) is 14.7 Å². The number of rotatable bonds is 2. The Hall–Kier alpha value is -2.77. The summed E-state index contributed by atoms with van der Waals surface area (Å²) < 4.78 is 0. The van der Waals surface area contributed by atoms with Gasteiger partial charge < -0.3 is 9.80 Å². The van der Waals surface area contributed by atoms with Crippen molar-refractivity contribution in [2.45, 2.75) is 31.8 Å². The summed E-state index contributed by atoms with van der Waals surface area (Å²) >= 11 is 0. The van der Waals surface area contributed by atoms with Crippen LogP contribution in [0.3, 0.4) is 0 Å². The van der Waals surface area contributed by atoms with Crippen molar-refractivity contribution in [1.29, 1.82) is 0 Å². The molecule has 2 aromatic rings. The van der Waals surface area contributed by atoms with Gasteiger partial charge in [0.05, 0.1) is 30.2 Å². The number of carbonyl (C=O) groups excluding carboxylic acids is 2. The molecule has 2 aliphatic rings. The van der Waals surface area contributed by atoms with Gasteiger partial charge in [-0.05, 0) is 19.4 Å². The van der Waals surface area contributed by atoms with E-state index in [1.54, 1.807) is 28.3 Å². The summed E-state index contributed by atoms with van der Waals surface area (Å²) in [6, 6.07) is 1.60. The number of aromatic amines is 1. The van der Waals surface area contributed by atoms with Crippen LogP contribution in [-0.4, -0.2) is 55.5 Å². The smallest absolute Gasteiger partial charge is 0.274 e. The predicted octanol–water partition coefficient (Wildman–Crippen LogP) is 0.528. The Morgan fingerprint density at radius 3 is 2.78 bits per heavy atom. The zero-order valence-corrected chi connectivity index (χ0v) is 12.6. The van der Waals surface area contributed by atoms with Gasteiger partial charge in [0.25, 0.3) is 5.91 Å². The van der Waals surface area contributed by atoms with Crippen LogP contribution >= 0.6 is 0 Å². The van der Waals surface area contributed by atoms with Crippen molar-refractivity contribution in [3.63, 3.8) is 0 Å². The van der Waals surface area contributed by atoms with Gasteiger partial charge in [0.15, 0.2) is 0 Å². The number of H-pyrrole nitrogens is 1. The molecule has 4 rings (SSSR count). The molecule has 0 aliphatic carbocycles. The standard InChI is InChI=1S/C15H16N6O2/c1-9-4-11(19-18-9)15(23)20-3-2-12-13(20)5-14(22)21(12)10-6-16-8-17-7-10/h4,6-8,12-13H,2-3,5H2,1H3,(H,18,19). The SMILES string of the molecule is Cc1cc(C(=O)N2CCC3C2CC(=O)N3c2cncnc2)n[nH]1. The number of nitrogens with zero attached hydrogens (tertiary/aromatic N) is 5. The van der Waals surface area contributed by atoms with Crippen molar-refractivity contribution in [1.82, 2.24) is 25.1 Å². The summed E-state index contributed by atoms with van der Waals surface area (Å²) in [5, 5.41) is 6.82. The zero-order chi connectivity index (χ0) is 16.0. The van der Waals surface area contributed by atoms with E-state index in [9.17, 15) is 9.59 Å². The Labute approximate surface area is 132 Å². The van der Waals surface area contributed by atoms with Crippen LogP contribution in [0.5, 0.6) is 0 Å². The summed E-state index contributed by atoms with van der Waals surface area (Å²) in [4.78, 5) is 36.5. The molecule has 4 heterocycles. The number of hydrogen-bond acceptors (Lipinski definition) is 5. The lowest BCUT2D eigenvalue weighted by Crippen LogP contribution is -2.40.